The molecule has 0 unspecified atom stereocenters. The van der Waals surface area contributed by atoms with E-state index in [0.717, 1.165) is 11.4 Å². The SMILES string of the molecule is CCOc1c(C)cnn1C. The smallest absolute Gasteiger partial charge is 0.214 e. The van der Waals surface area contributed by atoms with Gasteiger partial charge in [-0.15, -0.1) is 0 Å². The van der Waals surface area contributed by atoms with Crippen LogP contribution >= 0.6 is 0 Å². The molecule has 0 radical (unpaired) electrons. The van der Waals surface area contributed by atoms with Gasteiger partial charge in [0, 0.05) is 12.6 Å². The molecule has 0 N–H and O–H groups in total. The van der Waals surface area contributed by atoms with Gasteiger partial charge in [0.05, 0.1) is 12.8 Å². The van der Waals surface area contributed by atoms with Gasteiger partial charge in [-0.2, -0.15) is 5.10 Å². The summed E-state index contributed by atoms with van der Waals surface area (Å²) >= 11 is 0. The van der Waals surface area contributed by atoms with Gasteiger partial charge in [-0.1, -0.05) is 0 Å². The number of ether oxygens (including phenoxy) is 1. The average molecular weight is 140 g/mol. The molecule has 0 spiro atoms. The van der Waals surface area contributed by atoms with Crippen LogP contribution in [0.25, 0.3) is 0 Å². The minimum absolute atomic E-state index is 0.695. The van der Waals surface area contributed by atoms with Crippen LogP contribution in [0.3, 0.4) is 0 Å². The zero-order chi connectivity index (χ0) is 7.56. The van der Waals surface area contributed by atoms with Crippen LogP contribution in [0, 0.1) is 6.92 Å². The molecule has 0 aliphatic rings. The van der Waals surface area contributed by atoms with Crippen LogP contribution in [0.15, 0.2) is 6.20 Å². The van der Waals surface area contributed by atoms with E-state index in [1.807, 2.05) is 20.9 Å². The van der Waals surface area contributed by atoms with Crippen LogP contribution in [0.5, 0.6) is 5.88 Å². The molecule has 3 nitrogen and oxygen atoms in total. The van der Waals surface area contributed by atoms with E-state index in [0.29, 0.717) is 6.61 Å². The topological polar surface area (TPSA) is 27.1 Å². The average Bonchev–Trinajstić information content (AvgIpc) is 2.20. The number of aromatic nitrogens is 2. The Bertz CT molecular complexity index is 198. The third kappa shape index (κ3) is 1.12. The molecular weight excluding hydrogens is 128 g/mol. The molecule has 0 atom stereocenters. The van der Waals surface area contributed by atoms with Crippen LogP contribution < -0.4 is 4.74 Å². The van der Waals surface area contributed by atoms with Crippen molar-refractivity contribution in [2.75, 3.05) is 6.61 Å². The quantitative estimate of drug-likeness (QED) is 0.615. The highest BCUT2D eigenvalue weighted by atomic mass is 16.5. The Balaban J connectivity index is 2.87. The van der Waals surface area contributed by atoms with Crippen molar-refractivity contribution in [2.24, 2.45) is 7.05 Å². The molecule has 1 aromatic rings. The first-order valence-corrected chi connectivity index (χ1v) is 3.37. The lowest BCUT2D eigenvalue weighted by molar-refractivity contribution is 0.307. The summed E-state index contributed by atoms with van der Waals surface area (Å²) in [6.45, 7) is 4.64. The largest absolute Gasteiger partial charge is 0.478 e. The fraction of sp³-hybridized carbons (Fsp3) is 0.571. The van der Waals surface area contributed by atoms with Crippen molar-refractivity contribution in [3.8, 4) is 5.88 Å². The number of rotatable bonds is 2. The van der Waals surface area contributed by atoms with E-state index < -0.39 is 0 Å². The second-order valence-corrected chi connectivity index (χ2v) is 2.19. The number of nitrogens with zero attached hydrogens (tertiary/aromatic N) is 2. The third-order valence-electron chi connectivity index (χ3n) is 1.34. The maximum absolute atomic E-state index is 5.31. The molecule has 1 aromatic heterocycles. The first kappa shape index (κ1) is 7.12. The van der Waals surface area contributed by atoms with Crippen molar-refractivity contribution in [3.63, 3.8) is 0 Å². The van der Waals surface area contributed by atoms with Gasteiger partial charge in [0.25, 0.3) is 0 Å². The van der Waals surface area contributed by atoms with E-state index in [-0.39, 0.29) is 0 Å². The van der Waals surface area contributed by atoms with Crippen molar-refractivity contribution in [2.45, 2.75) is 13.8 Å². The molecule has 0 aromatic carbocycles. The zero-order valence-electron chi connectivity index (χ0n) is 6.59. The van der Waals surface area contributed by atoms with E-state index in [1.165, 1.54) is 0 Å². The molecule has 3 heteroatoms. The normalized spacial score (nSPS) is 9.90. The Labute approximate surface area is 60.6 Å². The van der Waals surface area contributed by atoms with Gasteiger partial charge in [0.2, 0.25) is 5.88 Å². The van der Waals surface area contributed by atoms with Crippen molar-refractivity contribution in [3.05, 3.63) is 11.8 Å². The van der Waals surface area contributed by atoms with Gasteiger partial charge in [0.15, 0.2) is 0 Å². The highest BCUT2D eigenvalue weighted by Crippen LogP contribution is 2.14. The molecule has 0 saturated heterocycles. The molecule has 0 bridgehead atoms. The minimum atomic E-state index is 0.695. The summed E-state index contributed by atoms with van der Waals surface area (Å²) in [5, 5.41) is 4.03. The van der Waals surface area contributed by atoms with Crippen LogP contribution in [-0.4, -0.2) is 16.4 Å². The van der Waals surface area contributed by atoms with Crippen molar-refractivity contribution < 1.29 is 4.74 Å². The van der Waals surface area contributed by atoms with E-state index in [9.17, 15) is 0 Å². The van der Waals surface area contributed by atoms with Crippen molar-refractivity contribution >= 4 is 0 Å². The lowest BCUT2D eigenvalue weighted by atomic mass is 10.4. The first-order valence-electron chi connectivity index (χ1n) is 3.37. The summed E-state index contributed by atoms with van der Waals surface area (Å²) in [6, 6.07) is 0. The summed E-state index contributed by atoms with van der Waals surface area (Å²) in [5.74, 6) is 0.863. The molecule has 0 saturated carbocycles. The predicted molar refractivity (Wildman–Crippen MR) is 39.1 cm³/mol. The molecule has 0 aliphatic heterocycles. The highest BCUT2D eigenvalue weighted by Gasteiger charge is 2.02. The summed E-state index contributed by atoms with van der Waals surface area (Å²) in [6.07, 6.45) is 1.80. The third-order valence-corrected chi connectivity index (χ3v) is 1.34. The molecule has 0 aliphatic carbocycles. The molecule has 10 heavy (non-hydrogen) atoms. The summed E-state index contributed by atoms with van der Waals surface area (Å²) in [4.78, 5) is 0. The van der Waals surface area contributed by atoms with E-state index in [2.05, 4.69) is 5.10 Å². The highest BCUT2D eigenvalue weighted by molar-refractivity contribution is 5.21. The second kappa shape index (κ2) is 2.73. The van der Waals surface area contributed by atoms with Gasteiger partial charge in [-0.3, -0.25) is 0 Å². The Morgan fingerprint density at radius 2 is 2.40 bits per heavy atom. The summed E-state index contributed by atoms with van der Waals surface area (Å²) < 4.78 is 7.04. The zero-order valence-corrected chi connectivity index (χ0v) is 6.59. The monoisotopic (exact) mass is 140 g/mol. The Kier molecular flexibility index (Phi) is 1.94. The number of aryl methyl sites for hydroxylation is 2. The van der Waals surface area contributed by atoms with E-state index in [1.54, 1.807) is 10.9 Å². The van der Waals surface area contributed by atoms with Gasteiger partial charge in [-0.25, -0.2) is 4.68 Å². The van der Waals surface area contributed by atoms with Crippen molar-refractivity contribution in [1.29, 1.82) is 0 Å². The van der Waals surface area contributed by atoms with Crippen molar-refractivity contribution in [1.82, 2.24) is 9.78 Å². The maximum atomic E-state index is 5.31. The Morgan fingerprint density at radius 1 is 1.70 bits per heavy atom. The molecule has 1 heterocycles. The molecule has 0 fully saturated rings. The minimum Gasteiger partial charge on any atom is -0.478 e. The first-order chi connectivity index (χ1) is 4.75. The van der Waals surface area contributed by atoms with Gasteiger partial charge < -0.3 is 4.74 Å². The molecule has 56 valence electrons. The van der Waals surface area contributed by atoms with Crippen LogP contribution in [0.4, 0.5) is 0 Å². The second-order valence-electron chi connectivity index (χ2n) is 2.19. The fourth-order valence-corrected chi connectivity index (χ4v) is 0.880. The molecular formula is C7H12N2O. The van der Waals surface area contributed by atoms with E-state index >= 15 is 0 Å². The standard InChI is InChI=1S/C7H12N2O/c1-4-10-7-6(2)5-8-9(7)3/h5H,4H2,1-3H3. The maximum Gasteiger partial charge on any atom is 0.214 e. The van der Waals surface area contributed by atoms with Crippen LogP contribution in [0.2, 0.25) is 0 Å². The molecule has 1 rings (SSSR count). The summed E-state index contributed by atoms with van der Waals surface area (Å²) in [5.41, 5.74) is 1.09. The molecule has 0 amide bonds. The van der Waals surface area contributed by atoms with E-state index in [4.69, 9.17) is 4.74 Å². The van der Waals surface area contributed by atoms with Gasteiger partial charge in [0.1, 0.15) is 0 Å². The van der Waals surface area contributed by atoms with Crippen LogP contribution in [0.1, 0.15) is 12.5 Å². The predicted octanol–water partition coefficient (Wildman–Crippen LogP) is 1.13. The fourth-order valence-electron chi connectivity index (χ4n) is 0.880. The lowest BCUT2D eigenvalue weighted by Gasteiger charge is -2.02. The summed E-state index contributed by atoms with van der Waals surface area (Å²) in [7, 11) is 1.87. The Morgan fingerprint density at radius 3 is 2.80 bits per heavy atom. The number of hydrogen-bond donors (Lipinski definition) is 0. The van der Waals surface area contributed by atoms with Gasteiger partial charge >= 0.3 is 0 Å². The number of hydrogen-bond acceptors (Lipinski definition) is 2. The van der Waals surface area contributed by atoms with Gasteiger partial charge in [-0.05, 0) is 13.8 Å². The Hall–Kier alpha value is -0.990. The lowest BCUT2D eigenvalue weighted by Crippen LogP contribution is -1.99. The van der Waals surface area contributed by atoms with Crippen LogP contribution in [-0.2, 0) is 7.05 Å².